The summed E-state index contributed by atoms with van der Waals surface area (Å²) >= 11 is 0. The van der Waals surface area contributed by atoms with Crippen LogP contribution in [0, 0.1) is 0 Å². The molecule has 1 aromatic heterocycles. The summed E-state index contributed by atoms with van der Waals surface area (Å²) in [7, 11) is -3.53. The molecular formula is C14H18N2O4S. The number of anilines is 1. The van der Waals surface area contributed by atoms with Gasteiger partial charge in [-0.2, -0.15) is 0 Å². The van der Waals surface area contributed by atoms with Crippen LogP contribution in [0.3, 0.4) is 0 Å². The molecule has 1 heterocycles. The van der Waals surface area contributed by atoms with Crippen LogP contribution < -0.4 is 10.0 Å². The molecule has 2 aromatic rings. The van der Waals surface area contributed by atoms with Crippen LogP contribution in [0.25, 0.3) is 0 Å². The number of hydrogen-bond acceptors (Lipinski definition) is 5. The molecule has 114 valence electrons. The van der Waals surface area contributed by atoms with Gasteiger partial charge in [0.2, 0.25) is 10.0 Å². The SMILES string of the molecule is CCNS(=O)(=O)c1ccccc1NCc1ccc(CO)o1. The van der Waals surface area contributed by atoms with E-state index in [1.54, 1.807) is 43.3 Å². The van der Waals surface area contributed by atoms with Gasteiger partial charge >= 0.3 is 0 Å². The van der Waals surface area contributed by atoms with Gasteiger partial charge in [0.05, 0.1) is 12.2 Å². The highest BCUT2D eigenvalue weighted by Gasteiger charge is 2.17. The largest absolute Gasteiger partial charge is 0.462 e. The van der Waals surface area contributed by atoms with Gasteiger partial charge in [-0.15, -0.1) is 0 Å². The molecule has 3 N–H and O–H groups in total. The zero-order valence-electron chi connectivity index (χ0n) is 11.7. The minimum absolute atomic E-state index is 0.161. The maximum Gasteiger partial charge on any atom is 0.242 e. The van der Waals surface area contributed by atoms with Crippen LogP contribution in [0.5, 0.6) is 0 Å². The predicted molar refractivity (Wildman–Crippen MR) is 79.3 cm³/mol. The maximum atomic E-state index is 12.1. The Labute approximate surface area is 123 Å². The second-order valence-electron chi connectivity index (χ2n) is 4.38. The number of furan rings is 1. The standard InChI is InChI=1S/C14H18N2O4S/c1-2-16-21(18,19)14-6-4-3-5-13(14)15-9-11-7-8-12(10-17)20-11/h3-8,15-17H,2,9-10H2,1H3. The van der Waals surface area contributed by atoms with Crippen LogP contribution in [0.4, 0.5) is 5.69 Å². The molecule has 0 unspecified atom stereocenters. The van der Waals surface area contributed by atoms with Crippen molar-refractivity contribution in [2.75, 3.05) is 11.9 Å². The van der Waals surface area contributed by atoms with E-state index in [1.165, 1.54) is 0 Å². The molecule has 0 radical (unpaired) electrons. The summed E-state index contributed by atoms with van der Waals surface area (Å²) in [5.41, 5.74) is 0.500. The molecule has 0 bridgehead atoms. The molecule has 0 atom stereocenters. The highest BCUT2D eigenvalue weighted by molar-refractivity contribution is 7.89. The van der Waals surface area contributed by atoms with Crippen LogP contribution in [0.2, 0.25) is 0 Å². The Morgan fingerprint density at radius 2 is 1.86 bits per heavy atom. The van der Waals surface area contributed by atoms with E-state index >= 15 is 0 Å². The highest BCUT2D eigenvalue weighted by Crippen LogP contribution is 2.21. The topological polar surface area (TPSA) is 91.6 Å². The number of aliphatic hydroxyl groups excluding tert-OH is 1. The fraction of sp³-hybridized carbons (Fsp3) is 0.286. The van der Waals surface area contributed by atoms with E-state index in [0.29, 0.717) is 30.3 Å². The monoisotopic (exact) mass is 310 g/mol. The second kappa shape index (κ2) is 6.75. The molecule has 7 heteroatoms. The minimum atomic E-state index is -3.53. The quantitative estimate of drug-likeness (QED) is 0.724. The van der Waals surface area contributed by atoms with E-state index in [-0.39, 0.29) is 11.5 Å². The third-order valence-electron chi connectivity index (χ3n) is 2.84. The molecular weight excluding hydrogens is 292 g/mol. The fourth-order valence-corrected chi connectivity index (χ4v) is 3.12. The highest BCUT2D eigenvalue weighted by atomic mass is 32.2. The van der Waals surface area contributed by atoms with E-state index in [2.05, 4.69) is 10.0 Å². The molecule has 0 fully saturated rings. The van der Waals surface area contributed by atoms with Crippen LogP contribution in [0.15, 0.2) is 45.7 Å². The van der Waals surface area contributed by atoms with Crippen molar-refractivity contribution in [1.82, 2.24) is 4.72 Å². The molecule has 0 amide bonds. The lowest BCUT2D eigenvalue weighted by molar-refractivity contribution is 0.244. The number of aliphatic hydroxyl groups is 1. The number of nitrogens with one attached hydrogen (secondary N) is 2. The van der Waals surface area contributed by atoms with Crippen molar-refractivity contribution >= 4 is 15.7 Å². The Hall–Kier alpha value is -1.83. The molecule has 0 aliphatic rings. The Morgan fingerprint density at radius 3 is 2.52 bits per heavy atom. The Bertz CT molecular complexity index is 695. The number of para-hydroxylation sites is 1. The van der Waals surface area contributed by atoms with Crippen LogP contribution in [0.1, 0.15) is 18.4 Å². The van der Waals surface area contributed by atoms with Gasteiger partial charge in [-0.25, -0.2) is 13.1 Å². The molecule has 1 aromatic carbocycles. The van der Waals surface area contributed by atoms with Gasteiger partial charge in [-0.3, -0.25) is 0 Å². The molecule has 0 spiro atoms. The van der Waals surface area contributed by atoms with E-state index < -0.39 is 10.0 Å². The van der Waals surface area contributed by atoms with E-state index in [4.69, 9.17) is 9.52 Å². The maximum absolute atomic E-state index is 12.1. The molecule has 0 aliphatic carbocycles. The van der Waals surface area contributed by atoms with Crippen molar-refractivity contribution < 1.29 is 17.9 Å². The van der Waals surface area contributed by atoms with Crippen molar-refractivity contribution in [1.29, 1.82) is 0 Å². The average molecular weight is 310 g/mol. The lowest BCUT2D eigenvalue weighted by atomic mass is 10.3. The van der Waals surface area contributed by atoms with Crippen molar-refractivity contribution in [2.24, 2.45) is 0 Å². The smallest absolute Gasteiger partial charge is 0.242 e. The van der Waals surface area contributed by atoms with Gasteiger partial charge in [0.15, 0.2) is 0 Å². The third-order valence-corrected chi connectivity index (χ3v) is 4.44. The normalized spacial score (nSPS) is 11.5. The number of rotatable bonds is 7. The van der Waals surface area contributed by atoms with Gasteiger partial charge < -0.3 is 14.8 Å². The molecule has 2 rings (SSSR count). The van der Waals surface area contributed by atoms with E-state index in [1.807, 2.05) is 0 Å². The van der Waals surface area contributed by atoms with Crippen LogP contribution in [-0.4, -0.2) is 20.1 Å². The first-order chi connectivity index (χ1) is 10.1. The van der Waals surface area contributed by atoms with Gasteiger partial charge in [0, 0.05) is 6.54 Å². The first kappa shape index (κ1) is 15.6. The van der Waals surface area contributed by atoms with Gasteiger partial charge in [-0.1, -0.05) is 19.1 Å². The Kier molecular flexibility index (Phi) is 5.00. The van der Waals surface area contributed by atoms with Crippen LogP contribution in [-0.2, 0) is 23.2 Å². The summed E-state index contributed by atoms with van der Waals surface area (Å²) in [6, 6.07) is 10.1. The number of benzene rings is 1. The third kappa shape index (κ3) is 3.84. The van der Waals surface area contributed by atoms with Crippen LogP contribution >= 0.6 is 0 Å². The number of sulfonamides is 1. The summed E-state index contributed by atoms with van der Waals surface area (Å²) in [6.07, 6.45) is 0. The Balaban J connectivity index is 2.17. The summed E-state index contributed by atoms with van der Waals surface area (Å²) in [4.78, 5) is 0.195. The van der Waals surface area contributed by atoms with Gasteiger partial charge in [-0.05, 0) is 24.3 Å². The van der Waals surface area contributed by atoms with Gasteiger partial charge in [0.1, 0.15) is 23.0 Å². The Morgan fingerprint density at radius 1 is 1.14 bits per heavy atom. The second-order valence-corrected chi connectivity index (χ2v) is 6.11. The molecule has 21 heavy (non-hydrogen) atoms. The molecule has 6 nitrogen and oxygen atoms in total. The predicted octanol–water partition coefficient (Wildman–Crippen LogP) is 1.68. The molecule has 0 saturated heterocycles. The van der Waals surface area contributed by atoms with Crippen molar-refractivity contribution in [3.05, 3.63) is 47.9 Å². The fourth-order valence-electron chi connectivity index (χ4n) is 1.90. The lowest BCUT2D eigenvalue weighted by Gasteiger charge is -2.11. The minimum Gasteiger partial charge on any atom is -0.462 e. The first-order valence-electron chi connectivity index (χ1n) is 6.58. The van der Waals surface area contributed by atoms with E-state index in [9.17, 15) is 8.42 Å². The number of hydrogen-bond donors (Lipinski definition) is 3. The van der Waals surface area contributed by atoms with Crippen molar-refractivity contribution in [3.8, 4) is 0 Å². The molecule has 0 aliphatic heterocycles. The van der Waals surface area contributed by atoms with Crippen molar-refractivity contribution in [2.45, 2.75) is 25.0 Å². The first-order valence-corrected chi connectivity index (χ1v) is 8.06. The average Bonchev–Trinajstić information content (AvgIpc) is 2.93. The zero-order valence-corrected chi connectivity index (χ0v) is 12.5. The summed E-state index contributed by atoms with van der Waals surface area (Å²) in [6.45, 7) is 2.23. The zero-order chi connectivity index (χ0) is 15.3. The van der Waals surface area contributed by atoms with E-state index in [0.717, 1.165) is 0 Å². The lowest BCUT2D eigenvalue weighted by Crippen LogP contribution is -2.24. The van der Waals surface area contributed by atoms with Crippen molar-refractivity contribution in [3.63, 3.8) is 0 Å². The van der Waals surface area contributed by atoms with Gasteiger partial charge in [0.25, 0.3) is 0 Å². The summed E-state index contributed by atoms with van der Waals surface area (Å²) < 4.78 is 32.0. The summed E-state index contributed by atoms with van der Waals surface area (Å²) in [5.74, 6) is 1.09. The summed E-state index contributed by atoms with van der Waals surface area (Å²) in [5, 5.41) is 12.0. The molecule has 0 saturated carbocycles.